The Morgan fingerprint density at radius 1 is 0.316 bits per heavy atom. The van der Waals surface area contributed by atoms with Crippen LogP contribution in [0.1, 0.15) is 0 Å². The zero-order chi connectivity index (χ0) is 37.7. The maximum atomic E-state index is 6.69. The lowest BCUT2D eigenvalue weighted by Gasteiger charge is -2.26. The van der Waals surface area contributed by atoms with E-state index in [4.69, 9.17) is 23.8 Å². The third-order valence-corrected chi connectivity index (χ3v) is 10.5. The summed E-state index contributed by atoms with van der Waals surface area (Å²) in [6, 6.07) is 66.3. The number of hydrogen-bond donors (Lipinski definition) is 0. The lowest BCUT2D eigenvalue weighted by Crippen LogP contribution is -2.09. The van der Waals surface area contributed by atoms with E-state index in [-0.39, 0.29) is 0 Å². The minimum atomic E-state index is 0.582. The van der Waals surface area contributed by atoms with Crippen LogP contribution in [0.2, 0.25) is 0 Å². The summed E-state index contributed by atoms with van der Waals surface area (Å²) in [6.07, 6.45) is 0. The summed E-state index contributed by atoms with van der Waals surface area (Å²) in [5, 5.41) is 4.10. The van der Waals surface area contributed by atoms with Crippen molar-refractivity contribution in [3.05, 3.63) is 194 Å². The second kappa shape index (κ2) is 13.5. The quantitative estimate of drug-likeness (QED) is 0.162. The molecule has 3 heterocycles. The molecule has 0 saturated carbocycles. The molecular weight excluding hydrogens is 701 g/mol. The molecule has 11 rings (SSSR count). The minimum absolute atomic E-state index is 0.582. The van der Waals surface area contributed by atoms with Crippen LogP contribution in [0, 0.1) is 0 Å². The molecule has 0 saturated heterocycles. The van der Waals surface area contributed by atoms with Crippen molar-refractivity contribution in [1.82, 2.24) is 15.0 Å². The molecule has 0 aliphatic carbocycles. The largest absolute Gasteiger partial charge is 0.456 e. The number of aromatic nitrogens is 3. The highest BCUT2D eigenvalue weighted by atomic mass is 16.3. The minimum Gasteiger partial charge on any atom is -0.456 e. The third kappa shape index (κ3) is 5.79. The first-order chi connectivity index (χ1) is 28.2. The number of benzene rings is 8. The number of para-hydroxylation sites is 1. The summed E-state index contributed by atoms with van der Waals surface area (Å²) in [7, 11) is 0. The van der Waals surface area contributed by atoms with Crippen LogP contribution in [0.3, 0.4) is 0 Å². The van der Waals surface area contributed by atoms with Crippen LogP contribution in [0.5, 0.6) is 0 Å². The standard InChI is InChI=1S/C51H32N4O2/c1-4-14-33(15-5-1)36-20-12-21-37(30-36)55(38-26-28-41-40-22-10-11-24-44(40)56-46(41)31-38)39-27-29-42-47(32-39)57-45-25-13-23-43(48(42)45)51-53-49(34-16-6-2-7-17-34)52-50(54-51)35-18-8-3-9-19-35/h1-32H. The Labute approximate surface area is 328 Å². The normalized spacial score (nSPS) is 11.5. The maximum Gasteiger partial charge on any atom is 0.164 e. The van der Waals surface area contributed by atoms with Gasteiger partial charge in [0.2, 0.25) is 0 Å². The second-order valence-electron chi connectivity index (χ2n) is 14.0. The Balaban J connectivity index is 1.08. The van der Waals surface area contributed by atoms with Crippen molar-refractivity contribution in [2.45, 2.75) is 0 Å². The number of furan rings is 2. The number of nitrogens with zero attached hydrogens (tertiary/aromatic N) is 4. The fraction of sp³-hybridized carbons (Fsp3) is 0. The molecule has 0 atom stereocenters. The van der Waals surface area contributed by atoms with Gasteiger partial charge in [0.15, 0.2) is 17.5 Å². The monoisotopic (exact) mass is 732 g/mol. The first-order valence-corrected chi connectivity index (χ1v) is 18.9. The van der Waals surface area contributed by atoms with Crippen LogP contribution in [-0.4, -0.2) is 15.0 Å². The van der Waals surface area contributed by atoms with Crippen LogP contribution < -0.4 is 4.90 Å². The topological polar surface area (TPSA) is 68.2 Å². The van der Waals surface area contributed by atoms with Crippen molar-refractivity contribution in [2.24, 2.45) is 0 Å². The maximum absolute atomic E-state index is 6.69. The molecule has 57 heavy (non-hydrogen) atoms. The summed E-state index contributed by atoms with van der Waals surface area (Å²) in [5.41, 5.74) is 11.1. The highest BCUT2D eigenvalue weighted by Crippen LogP contribution is 2.43. The van der Waals surface area contributed by atoms with Gasteiger partial charge >= 0.3 is 0 Å². The van der Waals surface area contributed by atoms with Crippen LogP contribution >= 0.6 is 0 Å². The molecule has 0 amide bonds. The molecular formula is C51H32N4O2. The van der Waals surface area contributed by atoms with Gasteiger partial charge in [-0.3, -0.25) is 0 Å². The number of fused-ring (bicyclic) bond motifs is 6. The SMILES string of the molecule is c1ccc(-c2cccc(N(c3ccc4c(c3)oc3ccccc34)c3ccc4c(c3)oc3cccc(-c5nc(-c6ccccc6)nc(-c6ccccc6)n5)c34)c2)cc1. The van der Waals surface area contributed by atoms with E-state index in [0.717, 1.165) is 88.8 Å². The van der Waals surface area contributed by atoms with Gasteiger partial charge in [-0.1, -0.05) is 133 Å². The number of rotatable bonds is 7. The zero-order valence-corrected chi connectivity index (χ0v) is 30.6. The highest BCUT2D eigenvalue weighted by molar-refractivity contribution is 6.13. The van der Waals surface area contributed by atoms with E-state index >= 15 is 0 Å². The van der Waals surface area contributed by atoms with E-state index in [1.807, 2.05) is 97.1 Å². The highest BCUT2D eigenvalue weighted by Gasteiger charge is 2.21. The molecule has 268 valence electrons. The van der Waals surface area contributed by atoms with E-state index < -0.39 is 0 Å². The predicted octanol–water partition coefficient (Wildman–Crippen LogP) is 13.8. The summed E-state index contributed by atoms with van der Waals surface area (Å²) >= 11 is 0. The van der Waals surface area contributed by atoms with Gasteiger partial charge in [0, 0.05) is 67.4 Å². The van der Waals surface area contributed by atoms with Gasteiger partial charge in [-0.15, -0.1) is 0 Å². The van der Waals surface area contributed by atoms with Crippen molar-refractivity contribution in [2.75, 3.05) is 4.90 Å². The third-order valence-electron chi connectivity index (χ3n) is 10.5. The van der Waals surface area contributed by atoms with Gasteiger partial charge in [-0.05, 0) is 59.7 Å². The van der Waals surface area contributed by atoms with Crippen molar-refractivity contribution < 1.29 is 8.83 Å². The van der Waals surface area contributed by atoms with Crippen LogP contribution in [-0.2, 0) is 0 Å². The molecule has 8 aromatic carbocycles. The smallest absolute Gasteiger partial charge is 0.164 e. The lowest BCUT2D eigenvalue weighted by molar-refractivity contribution is 0.669. The number of hydrogen-bond acceptors (Lipinski definition) is 6. The van der Waals surface area contributed by atoms with E-state index in [9.17, 15) is 0 Å². The Morgan fingerprint density at radius 2 is 0.807 bits per heavy atom. The van der Waals surface area contributed by atoms with Gasteiger partial charge < -0.3 is 13.7 Å². The Bertz CT molecular complexity index is 3190. The summed E-state index contributed by atoms with van der Waals surface area (Å²) in [6.45, 7) is 0. The van der Waals surface area contributed by atoms with Crippen LogP contribution in [0.25, 0.3) is 89.2 Å². The molecule has 0 fully saturated rings. The molecule has 0 bridgehead atoms. The number of anilines is 3. The first-order valence-electron chi connectivity index (χ1n) is 18.9. The van der Waals surface area contributed by atoms with Gasteiger partial charge in [-0.2, -0.15) is 0 Å². The molecule has 0 N–H and O–H groups in total. The molecule has 3 aromatic heterocycles. The average Bonchev–Trinajstić information content (AvgIpc) is 3.85. The summed E-state index contributed by atoms with van der Waals surface area (Å²) < 4.78 is 13.1. The Morgan fingerprint density at radius 3 is 1.51 bits per heavy atom. The molecule has 11 aromatic rings. The second-order valence-corrected chi connectivity index (χ2v) is 14.0. The lowest BCUT2D eigenvalue weighted by atomic mass is 10.0. The van der Waals surface area contributed by atoms with Gasteiger partial charge in [-0.25, -0.2) is 15.0 Å². The van der Waals surface area contributed by atoms with Crippen molar-refractivity contribution in [3.8, 4) is 45.3 Å². The van der Waals surface area contributed by atoms with E-state index in [1.165, 1.54) is 0 Å². The summed E-state index contributed by atoms with van der Waals surface area (Å²) in [5.74, 6) is 1.81. The van der Waals surface area contributed by atoms with Gasteiger partial charge in [0.05, 0.1) is 0 Å². The van der Waals surface area contributed by atoms with Crippen molar-refractivity contribution in [1.29, 1.82) is 0 Å². The fourth-order valence-corrected chi connectivity index (χ4v) is 7.82. The molecule has 0 radical (unpaired) electrons. The fourth-order valence-electron chi connectivity index (χ4n) is 7.82. The molecule has 6 heteroatoms. The Hall–Kier alpha value is -7.83. The molecule has 6 nitrogen and oxygen atoms in total. The van der Waals surface area contributed by atoms with Gasteiger partial charge in [0.1, 0.15) is 22.3 Å². The first kappa shape index (κ1) is 32.6. The van der Waals surface area contributed by atoms with E-state index in [1.54, 1.807) is 0 Å². The Kier molecular flexibility index (Phi) is 7.71. The van der Waals surface area contributed by atoms with Crippen molar-refractivity contribution >= 4 is 60.9 Å². The van der Waals surface area contributed by atoms with Crippen LogP contribution in [0.15, 0.2) is 203 Å². The molecule has 0 aliphatic rings. The van der Waals surface area contributed by atoms with Crippen LogP contribution in [0.4, 0.5) is 17.1 Å². The predicted molar refractivity (Wildman–Crippen MR) is 231 cm³/mol. The zero-order valence-electron chi connectivity index (χ0n) is 30.6. The summed E-state index contributed by atoms with van der Waals surface area (Å²) in [4.78, 5) is 17.3. The van der Waals surface area contributed by atoms with E-state index in [0.29, 0.717) is 17.5 Å². The van der Waals surface area contributed by atoms with E-state index in [2.05, 4.69) is 102 Å². The molecule has 0 aliphatic heterocycles. The molecule has 0 spiro atoms. The van der Waals surface area contributed by atoms with Gasteiger partial charge in [0.25, 0.3) is 0 Å². The molecule has 0 unspecified atom stereocenters. The average molecular weight is 733 g/mol. The van der Waals surface area contributed by atoms with Crippen molar-refractivity contribution in [3.63, 3.8) is 0 Å².